The van der Waals surface area contributed by atoms with Gasteiger partial charge in [-0.3, -0.25) is 0 Å². The molecule has 0 unspecified atom stereocenters. The predicted octanol–water partition coefficient (Wildman–Crippen LogP) is 3.08. The molecule has 0 spiro atoms. The molecule has 0 bridgehead atoms. The van der Waals surface area contributed by atoms with Gasteiger partial charge in [0.25, 0.3) is 0 Å². The average Bonchev–Trinajstić information content (AvgIpc) is 2.69. The lowest BCUT2D eigenvalue weighted by molar-refractivity contribution is 0.304. The Hall–Kier alpha value is -1.14. The number of aryl methyl sites for hydroxylation is 2. The van der Waals surface area contributed by atoms with Crippen molar-refractivity contribution in [2.75, 3.05) is 5.73 Å². The molecule has 2 N–H and O–H groups in total. The van der Waals surface area contributed by atoms with Crippen molar-refractivity contribution in [3.63, 3.8) is 0 Å². The lowest BCUT2D eigenvalue weighted by atomic mass is 10.1. The van der Waals surface area contributed by atoms with Crippen LogP contribution in [0.25, 0.3) is 0 Å². The van der Waals surface area contributed by atoms with Gasteiger partial charge in [0, 0.05) is 4.47 Å². The van der Waals surface area contributed by atoms with Crippen molar-refractivity contribution in [2.45, 2.75) is 20.5 Å². The summed E-state index contributed by atoms with van der Waals surface area (Å²) in [5, 5.41) is 8.88. The van der Waals surface area contributed by atoms with Crippen LogP contribution in [0.15, 0.2) is 16.6 Å². The SMILES string of the molecule is Cc1cc(OCc2nnc(N)s2)cc(C)c1Br. The van der Waals surface area contributed by atoms with E-state index in [1.165, 1.54) is 11.3 Å². The minimum atomic E-state index is 0.398. The third-order valence-corrected chi connectivity index (χ3v) is 4.23. The summed E-state index contributed by atoms with van der Waals surface area (Å²) in [7, 11) is 0. The van der Waals surface area contributed by atoms with Gasteiger partial charge >= 0.3 is 0 Å². The summed E-state index contributed by atoms with van der Waals surface area (Å²) in [5.41, 5.74) is 7.80. The van der Waals surface area contributed by atoms with Crippen LogP contribution >= 0.6 is 27.3 Å². The van der Waals surface area contributed by atoms with Crippen molar-refractivity contribution in [2.24, 2.45) is 0 Å². The van der Waals surface area contributed by atoms with Crippen molar-refractivity contribution in [3.05, 3.63) is 32.7 Å². The highest BCUT2D eigenvalue weighted by molar-refractivity contribution is 9.10. The van der Waals surface area contributed by atoms with Gasteiger partial charge in [-0.15, -0.1) is 10.2 Å². The van der Waals surface area contributed by atoms with Crippen LogP contribution in [0, 0.1) is 13.8 Å². The highest BCUT2D eigenvalue weighted by atomic mass is 79.9. The van der Waals surface area contributed by atoms with Crippen molar-refractivity contribution >= 4 is 32.4 Å². The summed E-state index contributed by atoms with van der Waals surface area (Å²) < 4.78 is 6.77. The maximum absolute atomic E-state index is 5.65. The van der Waals surface area contributed by atoms with E-state index in [1.54, 1.807) is 0 Å². The molecule has 90 valence electrons. The number of hydrogen-bond acceptors (Lipinski definition) is 5. The highest BCUT2D eigenvalue weighted by Gasteiger charge is 2.05. The fourth-order valence-corrected chi connectivity index (χ4v) is 2.21. The molecule has 0 aliphatic rings. The van der Waals surface area contributed by atoms with Gasteiger partial charge in [0.2, 0.25) is 5.13 Å². The van der Waals surface area contributed by atoms with Gasteiger partial charge in [-0.25, -0.2) is 0 Å². The summed E-state index contributed by atoms with van der Waals surface area (Å²) in [6, 6.07) is 3.98. The van der Waals surface area contributed by atoms with Gasteiger partial charge in [0.15, 0.2) is 5.01 Å². The Balaban J connectivity index is 2.09. The van der Waals surface area contributed by atoms with E-state index < -0.39 is 0 Å². The summed E-state index contributed by atoms with van der Waals surface area (Å²) in [5.74, 6) is 0.831. The number of nitrogen functional groups attached to an aromatic ring is 1. The van der Waals surface area contributed by atoms with Crippen LogP contribution in [0.2, 0.25) is 0 Å². The van der Waals surface area contributed by atoms with Crippen molar-refractivity contribution in [1.82, 2.24) is 10.2 Å². The van der Waals surface area contributed by atoms with E-state index in [1.807, 2.05) is 26.0 Å². The monoisotopic (exact) mass is 313 g/mol. The number of aromatic nitrogens is 2. The molecule has 0 aliphatic heterocycles. The Labute approximate surface area is 112 Å². The maximum atomic E-state index is 5.65. The lowest BCUT2D eigenvalue weighted by Gasteiger charge is -2.08. The van der Waals surface area contributed by atoms with Gasteiger partial charge in [0.1, 0.15) is 12.4 Å². The van der Waals surface area contributed by atoms with Crippen LogP contribution in [-0.4, -0.2) is 10.2 Å². The van der Waals surface area contributed by atoms with E-state index in [2.05, 4.69) is 26.1 Å². The topological polar surface area (TPSA) is 61.0 Å². The predicted molar refractivity (Wildman–Crippen MR) is 72.3 cm³/mol. The third-order valence-electron chi connectivity index (χ3n) is 2.25. The molecule has 1 aromatic carbocycles. The van der Waals surface area contributed by atoms with E-state index in [4.69, 9.17) is 10.5 Å². The highest BCUT2D eigenvalue weighted by Crippen LogP contribution is 2.27. The van der Waals surface area contributed by atoms with Crippen LogP contribution in [0.3, 0.4) is 0 Å². The van der Waals surface area contributed by atoms with Gasteiger partial charge in [-0.1, -0.05) is 27.3 Å². The van der Waals surface area contributed by atoms with E-state index in [-0.39, 0.29) is 0 Å². The summed E-state index contributed by atoms with van der Waals surface area (Å²) in [6.45, 7) is 4.47. The molecule has 0 atom stereocenters. The second-order valence-electron chi connectivity index (χ2n) is 3.69. The maximum Gasteiger partial charge on any atom is 0.203 e. The van der Waals surface area contributed by atoms with Gasteiger partial charge in [-0.05, 0) is 37.1 Å². The number of rotatable bonds is 3. The van der Waals surface area contributed by atoms with E-state index in [9.17, 15) is 0 Å². The molecule has 6 heteroatoms. The molecule has 2 rings (SSSR count). The number of halogens is 1. The molecule has 0 amide bonds. The third kappa shape index (κ3) is 2.95. The first-order valence-electron chi connectivity index (χ1n) is 5.03. The Bertz CT molecular complexity index is 518. The minimum absolute atomic E-state index is 0.398. The molecule has 1 aromatic heterocycles. The fourth-order valence-electron chi connectivity index (χ4n) is 1.46. The Morgan fingerprint density at radius 2 is 1.94 bits per heavy atom. The normalized spacial score (nSPS) is 10.5. The number of anilines is 1. The number of benzene rings is 1. The second-order valence-corrected chi connectivity index (χ2v) is 5.58. The minimum Gasteiger partial charge on any atom is -0.486 e. The molecular weight excluding hydrogens is 302 g/mol. The summed E-state index contributed by atoms with van der Waals surface area (Å²) >= 11 is 4.86. The smallest absolute Gasteiger partial charge is 0.203 e. The molecule has 0 saturated heterocycles. The zero-order chi connectivity index (χ0) is 12.4. The number of hydrogen-bond donors (Lipinski definition) is 1. The average molecular weight is 314 g/mol. The standard InChI is InChI=1S/C11H12BrN3OS/c1-6-3-8(4-7(2)10(6)12)16-5-9-14-15-11(13)17-9/h3-4H,5H2,1-2H3,(H2,13,15). The van der Waals surface area contributed by atoms with Gasteiger partial charge < -0.3 is 10.5 Å². The molecule has 17 heavy (non-hydrogen) atoms. The second kappa shape index (κ2) is 5.01. The summed E-state index contributed by atoms with van der Waals surface area (Å²) in [6.07, 6.45) is 0. The van der Waals surface area contributed by atoms with Crippen LogP contribution in [0.1, 0.15) is 16.1 Å². The molecule has 0 fully saturated rings. The quantitative estimate of drug-likeness (QED) is 0.946. The lowest BCUT2D eigenvalue weighted by Crippen LogP contribution is -1.96. The van der Waals surface area contributed by atoms with Gasteiger partial charge in [-0.2, -0.15) is 0 Å². The first-order valence-corrected chi connectivity index (χ1v) is 6.64. The zero-order valence-corrected chi connectivity index (χ0v) is 11.9. The van der Waals surface area contributed by atoms with E-state index in [0.717, 1.165) is 26.4 Å². The fraction of sp³-hybridized carbons (Fsp3) is 0.273. The van der Waals surface area contributed by atoms with Crippen molar-refractivity contribution < 1.29 is 4.74 Å². The van der Waals surface area contributed by atoms with E-state index in [0.29, 0.717) is 11.7 Å². The van der Waals surface area contributed by atoms with Crippen molar-refractivity contribution in [1.29, 1.82) is 0 Å². The van der Waals surface area contributed by atoms with Gasteiger partial charge in [0.05, 0.1) is 0 Å². The first-order chi connectivity index (χ1) is 8.06. The van der Waals surface area contributed by atoms with Crippen LogP contribution in [-0.2, 0) is 6.61 Å². The molecule has 1 heterocycles. The first kappa shape index (κ1) is 12.3. The van der Waals surface area contributed by atoms with E-state index >= 15 is 0 Å². The molecule has 0 saturated carbocycles. The molecular formula is C11H12BrN3OS. The number of nitrogens with two attached hydrogens (primary N) is 1. The number of nitrogens with zero attached hydrogens (tertiary/aromatic N) is 2. The Kier molecular flexibility index (Phi) is 3.63. The van der Waals surface area contributed by atoms with Crippen LogP contribution in [0.4, 0.5) is 5.13 Å². The Morgan fingerprint density at radius 3 is 2.47 bits per heavy atom. The summed E-state index contributed by atoms with van der Waals surface area (Å²) in [4.78, 5) is 0. The molecule has 4 nitrogen and oxygen atoms in total. The van der Waals surface area contributed by atoms with Crippen molar-refractivity contribution in [3.8, 4) is 5.75 Å². The largest absolute Gasteiger partial charge is 0.486 e. The van der Waals surface area contributed by atoms with Crippen LogP contribution < -0.4 is 10.5 Å². The molecule has 2 aromatic rings. The zero-order valence-electron chi connectivity index (χ0n) is 9.53. The van der Waals surface area contributed by atoms with Crippen LogP contribution in [0.5, 0.6) is 5.75 Å². The number of ether oxygens (including phenoxy) is 1. The molecule has 0 radical (unpaired) electrons. The Morgan fingerprint density at radius 1 is 1.29 bits per heavy atom. The molecule has 0 aliphatic carbocycles.